The molecular formula is C13H14Cl2N4O2S. The van der Waals surface area contributed by atoms with E-state index in [1.165, 1.54) is 0 Å². The number of rotatable bonds is 5. The fraction of sp³-hybridized carbons (Fsp3) is 0.308. The fourth-order valence-electron chi connectivity index (χ4n) is 1.85. The molecule has 2 aromatic rings. The summed E-state index contributed by atoms with van der Waals surface area (Å²) in [6.45, 7) is 0.214. The van der Waals surface area contributed by atoms with Crippen molar-refractivity contribution >= 4 is 41.3 Å². The van der Waals surface area contributed by atoms with Gasteiger partial charge in [-0.2, -0.15) is 5.10 Å². The number of aliphatic hydroxyl groups excluding tert-OH is 1. The van der Waals surface area contributed by atoms with Gasteiger partial charge in [-0.1, -0.05) is 23.2 Å². The van der Waals surface area contributed by atoms with Crippen molar-refractivity contribution in [1.29, 1.82) is 0 Å². The number of aromatic nitrogens is 3. The summed E-state index contributed by atoms with van der Waals surface area (Å²) in [5.41, 5.74) is 0.491. The lowest BCUT2D eigenvalue weighted by atomic mass is 10.1. The van der Waals surface area contributed by atoms with Crippen molar-refractivity contribution in [2.45, 2.75) is 19.1 Å². The second-order valence-electron chi connectivity index (χ2n) is 4.70. The highest BCUT2D eigenvalue weighted by Crippen LogP contribution is 2.25. The molecule has 1 aromatic heterocycles. The van der Waals surface area contributed by atoms with Crippen LogP contribution < -0.4 is 5.32 Å². The van der Waals surface area contributed by atoms with Crippen molar-refractivity contribution in [3.63, 3.8) is 0 Å². The van der Waals surface area contributed by atoms with Gasteiger partial charge < -0.3 is 15.0 Å². The summed E-state index contributed by atoms with van der Waals surface area (Å²) in [5.74, 6) is 0.274. The number of hydrogen-bond donors (Lipinski definition) is 3. The normalized spacial score (nSPS) is 12.2. The Bertz CT molecular complexity index is 724. The van der Waals surface area contributed by atoms with E-state index < -0.39 is 6.10 Å². The molecule has 1 amide bonds. The molecule has 118 valence electrons. The Labute approximate surface area is 142 Å². The number of carbonyl (C=O) groups is 1. The highest BCUT2D eigenvalue weighted by molar-refractivity contribution is 7.71. The van der Waals surface area contributed by atoms with Gasteiger partial charge in [0.15, 0.2) is 10.6 Å². The highest BCUT2D eigenvalue weighted by atomic mass is 35.5. The van der Waals surface area contributed by atoms with Crippen LogP contribution in [0.4, 0.5) is 0 Å². The summed E-state index contributed by atoms with van der Waals surface area (Å²) in [4.78, 5) is 11.9. The third kappa shape index (κ3) is 4.30. The Kier molecular flexibility index (Phi) is 5.57. The molecule has 0 fully saturated rings. The quantitative estimate of drug-likeness (QED) is 0.715. The fourth-order valence-corrected chi connectivity index (χ4v) is 2.54. The molecule has 0 bridgehead atoms. The lowest BCUT2D eigenvalue weighted by Crippen LogP contribution is -2.26. The molecule has 0 aliphatic carbocycles. The summed E-state index contributed by atoms with van der Waals surface area (Å²) in [6.07, 6.45) is -1.09. The molecule has 3 N–H and O–H groups in total. The van der Waals surface area contributed by atoms with Crippen LogP contribution in [0.25, 0.3) is 0 Å². The van der Waals surface area contributed by atoms with Crippen LogP contribution in [0.3, 0.4) is 0 Å². The molecule has 0 aliphatic heterocycles. The molecule has 0 saturated heterocycles. The van der Waals surface area contributed by atoms with Gasteiger partial charge in [0.1, 0.15) is 0 Å². The summed E-state index contributed by atoms with van der Waals surface area (Å²) < 4.78 is 2.13. The Hall–Kier alpha value is -1.41. The molecule has 22 heavy (non-hydrogen) atoms. The zero-order valence-corrected chi connectivity index (χ0v) is 14.0. The maximum Gasteiger partial charge on any atom is 0.223 e. The number of carbonyl (C=O) groups excluding carboxylic acids is 1. The zero-order valence-electron chi connectivity index (χ0n) is 11.6. The summed E-state index contributed by atoms with van der Waals surface area (Å²) in [7, 11) is 1.75. The minimum Gasteiger partial charge on any atom is -0.388 e. The number of nitrogens with one attached hydrogen (secondary N) is 2. The van der Waals surface area contributed by atoms with E-state index in [0.29, 0.717) is 26.2 Å². The lowest BCUT2D eigenvalue weighted by Gasteiger charge is -2.12. The van der Waals surface area contributed by atoms with Gasteiger partial charge in [0.2, 0.25) is 5.91 Å². The maximum absolute atomic E-state index is 11.9. The van der Waals surface area contributed by atoms with Gasteiger partial charge in [0.25, 0.3) is 0 Å². The number of H-pyrrole nitrogens is 1. The van der Waals surface area contributed by atoms with E-state index in [1.807, 2.05) is 0 Å². The van der Waals surface area contributed by atoms with Crippen molar-refractivity contribution in [2.24, 2.45) is 7.05 Å². The largest absolute Gasteiger partial charge is 0.388 e. The van der Waals surface area contributed by atoms with Gasteiger partial charge in [-0.05, 0) is 36.0 Å². The van der Waals surface area contributed by atoms with Crippen molar-refractivity contribution in [3.8, 4) is 0 Å². The van der Waals surface area contributed by atoms with E-state index in [-0.39, 0.29) is 18.9 Å². The average molecular weight is 361 g/mol. The molecule has 1 atom stereocenters. The first-order chi connectivity index (χ1) is 10.4. The van der Waals surface area contributed by atoms with E-state index in [1.54, 1.807) is 29.8 Å². The van der Waals surface area contributed by atoms with Gasteiger partial charge in [0.05, 0.1) is 19.1 Å². The van der Waals surface area contributed by atoms with Crippen molar-refractivity contribution in [1.82, 2.24) is 20.1 Å². The molecule has 0 aliphatic rings. The summed E-state index contributed by atoms with van der Waals surface area (Å²) in [6, 6.07) is 4.70. The molecule has 0 unspecified atom stereocenters. The Morgan fingerprint density at radius 1 is 1.45 bits per heavy atom. The van der Waals surface area contributed by atoms with E-state index in [0.717, 1.165) is 0 Å². The van der Waals surface area contributed by atoms with Crippen LogP contribution in [0.1, 0.15) is 23.9 Å². The number of hydrogen-bond acceptors (Lipinski definition) is 4. The molecule has 0 radical (unpaired) electrons. The molecule has 0 spiro atoms. The van der Waals surface area contributed by atoms with Crippen LogP contribution in [-0.4, -0.2) is 25.8 Å². The molecule has 0 saturated carbocycles. The Morgan fingerprint density at radius 2 is 2.09 bits per heavy atom. The molecule has 2 rings (SSSR count). The number of benzene rings is 1. The smallest absolute Gasteiger partial charge is 0.223 e. The van der Waals surface area contributed by atoms with Crippen molar-refractivity contribution in [3.05, 3.63) is 44.4 Å². The van der Waals surface area contributed by atoms with Gasteiger partial charge in [0, 0.05) is 17.1 Å². The van der Waals surface area contributed by atoms with Gasteiger partial charge in [-0.25, -0.2) is 0 Å². The first kappa shape index (κ1) is 17.0. The van der Waals surface area contributed by atoms with Gasteiger partial charge in [-0.3, -0.25) is 9.89 Å². The predicted molar refractivity (Wildman–Crippen MR) is 86.3 cm³/mol. The predicted octanol–water partition coefficient (Wildman–Crippen LogP) is 2.52. The van der Waals surface area contributed by atoms with Crippen LogP contribution in [0.5, 0.6) is 0 Å². The minimum atomic E-state index is -0.987. The molecular weight excluding hydrogens is 347 g/mol. The number of halogens is 2. The van der Waals surface area contributed by atoms with E-state index in [2.05, 4.69) is 15.5 Å². The topological polar surface area (TPSA) is 82.9 Å². The molecule has 6 nitrogen and oxygen atoms in total. The Morgan fingerprint density at radius 3 is 2.64 bits per heavy atom. The summed E-state index contributed by atoms with van der Waals surface area (Å²) >= 11 is 16.7. The van der Waals surface area contributed by atoms with Gasteiger partial charge >= 0.3 is 0 Å². The number of aromatic amines is 1. The second-order valence-corrected chi connectivity index (χ2v) is 5.96. The molecule has 1 aromatic carbocycles. The van der Waals surface area contributed by atoms with Crippen LogP contribution in [0.15, 0.2) is 18.2 Å². The first-order valence-corrected chi connectivity index (χ1v) is 7.54. The van der Waals surface area contributed by atoms with Crippen LogP contribution in [0.2, 0.25) is 10.0 Å². The second kappa shape index (κ2) is 7.23. The molecule has 1 heterocycles. The lowest BCUT2D eigenvalue weighted by molar-refractivity contribution is -0.123. The monoisotopic (exact) mass is 360 g/mol. The highest BCUT2D eigenvalue weighted by Gasteiger charge is 2.15. The zero-order chi connectivity index (χ0) is 16.3. The first-order valence-electron chi connectivity index (χ1n) is 6.38. The summed E-state index contributed by atoms with van der Waals surface area (Å²) in [5, 5.41) is 20.2. The van der Waals surface area contributed by atoms with E-state index in [4.69, 9.17) is 35.4 Å². The van der Waals surface area contributed by atoms with Crippen LogP contribution >= 0.6 is 35.4 Å². The molecule has 9 heteroatoms. The van der Waals surface area contributed by atoms with Crippen molar-refractivity contribution in [2.75, 3.05) is 0 Å². The average Bonchev–Trinajstić information content (AvgIpc) is 2.75. The number of aliphatic hydroxyl groups is 1. The maximum atomic E-state index is 11.9. The number of amides is 1. The van der Waals surface area contributed by atoms with Gasteiger partial charge in [-0.15, -0.1) is 0 Å². The van der Waals surface area contributed by atoms with Crippen molar-refractivity contribution < 1.29 is 9.90 Å². The van der Waals surface area contributed by atoms with Crippen LogP contribution in [-0.2, 0) is 18.4 Å². The third-order valence-corrected chi connectivity index (χ3v) is 3.87. The SMILES string of the molecule is Cn1c(CNC(=O)C[C@H](O)c2cc(Cl)cc(Cl)c2)n[nH]c1=S. The van der Waals surface area contributed by atoms with Crippen LogP contribution in [0, 0.1) is 4.77 Å². The van der Waals surface area contributed by atoms with E-state index in [9.17, 15) is 9.90 Å². The standard InChI is InChI=1S/C13H14Cl2N4O2S/c1-19-11(17-18-13(19)22)6-16-12(21)5-10(20)7-2-8(14)4-9(15)3-7/h2-4,10,20H,5-6H2,1H3,(H,16,21)(H,18,22)/t10-/m0/s1. The number of nitrogens with zero attached hydrogens (tertiary/aromatic N) is 2. The van der Waals surface area contributed by atoms with E-state index >= 15 is 0 Å². The Balaban J connectivity index is 1.94. The minimum absolute atomic E-state index is 0.106. The third-order valence-electron chi connectivity index (χ3n) is 3.06.